The average molecular weight is 423 g/mol. The Morgan fingerprint density at radius 1 is 1.14 bits per heavy atom. The fourth-order valence-electron chi connectivity index (χ4n) is 3.17. The standard InChI is InChI=1S/C19H22N2O5S2/c1-4-15-5-7-16(8-6-15)20-28(25,26)18-10-9-17(11-13(18)2)21-19(22)14(3)12-27(21,23)24/h5-11,14,20H,4,12H2,1-3H3. The minimum absolute atomic E-state index is 0.0212. The van der Waals surface area contributed by atoms with Gasteiger partial charge in [0.25, 0.3) is 10.0 Å². The number of carbonyl (C=O) groups excluding carboxylic acids is 1. The lowest BCUT2D eigenvalue weighted by molar-refractivity contribution is -0.119. The topological polar surface area (TPSA) is 101 Å². The van der Waals surface area contributed by atoms with Crippen molar-refractivity contribution in [3.8, 4) is 0 Å². The molecule has 0 saturated carbocycles. The van der Waals surface area contributed by atoms with Gasteiger partial charge >= 0.3 is 0 Å². The van der Waals surface area contributed by atoms with E-state index < -0.39 is 31.9 Å². The molecule has 1 fully saturated rings. The monoisotopic (exact) mass is 422 g/mol. The molecule has 1 N–H and O–H groups in total. The minimum atomic E-state index is -3.86. The molecule has 0 aromatic heterocycles. The molecule has 1 saturated heterocycles. The third kappa shape index (κ3) is 3.77. The number of aryl methyl sites for hydroxylation is 2. The average Bonchev–Trinajstić information content (AvgIpc) is 2.82. The maximum absolute atomic E-state index is 12.7. The van der Waals surface area contributed by atoms with E-state index in [0.717, 1.165) is 16.3 Å². The molecule has 1 aliphatic rings. The Labute approximate surface area is 165 Å². The molecule has 0 bridgehead atoms. The number of hydrogen-bond donors (Lipinski definition) is 1. The lowest BCUT2D eigenvalue weighted by Crippen LogP contribution is -2.30. The van der Waals surface area contributed by atoms with E-state index in [-0.39, 0.29) is 16.3 Å². The molecule has 3 rings (SSSR count). The number of nitrogens with one attached hydrogen (secondary N) is 1. The molecule has 9 heteroatoms. The quantitative estimate of drug-likeness (QED) is 0.798. The normalized spacial score (nSPS) is 19.0. The van der Waals surface area contributed by atoms with E-state index in [4.69, 9.17) is 0 Å². The van der Waals surface area contributed by atoms with Crippen LogP contribution in [-0.4, -0.2) is 28.5 Å². The van der Waals surface area contributed by atoms with Gasteiger partial charge in [0.1, 0.15) is 0 Å². The largest absolute Gasteiger partial charge is 0.280 e. The van der Waals surface area contributed by atoms with Crippen LogP contribution in [0.15, 0.2) is 47.4 Å². The summed E-state index contributed by atoms with van der Waals surface area (Å²) in [6.07, 6.45) is 0.852. The van der Waals surface area contributed by atoms with E-state index in [1.807, 2.05) is 19.1 Å². The van der Waals surface area contributed by atoms with E-state index in [2.05, 4.69) is 4.72 Å². The first-order valence-corrected chi connectivity index (χ1v) is 11.9. The molecule has 2 aromatic carbocycles. The fraction of sp³-hybridized carbons (Fsp3) is 0.316. The highest BCUT2D eigenvalue weighted by molar-refractivity contribution is 7.94. The Hall–Kier alpha value is -2.39. The van der Waals surface area contributed by atoms with E-state index in [0.29, 0.717) is 11.3 Å². The smallest absolute Gasteiger partial charge is 0.262 e. The second-order valence-corrected chi connectivity index (χ2v) is 10.4. The summed E-state index contributed by atoms with van der Waals surface area (Å²) in [5.74, 6) is -1.38. The Bertz CT molecular complexity index is 1120. The molecule has 1 amide bonds. The number of rotatable bonds is 5. The molecular weight excluding hydrogens is 400 g/mol. The van der Waals surface area contributed by atoms with Gasteiger partial charge in [-0.05, 0) is 54.8 Å². The van der Waals surface area contributed by atoms with Gasteiger partial charge in [-0.3, -0.25) is 9.52 Å². The lowest BCUT2D eigenvalue weighted by Gasteiger charge is -2.17. The van der Waals surface area contributed by atoms with Gasteiger partial charge in [-0.25, -0.2) is 21.1 Å². The molecule has 7 nitrogen and oxygen atoms in total. The van der Waals surface area contributed by atoms with Crippen LogP contribution in [0.4, 0.5) is 11.4 Å². The molecule has 2 aromatic rings. The number of sulfonamides is 2. The number of benzene rings is 2. The Morgan fingerprint density at radius 2 is 1.79 bits per heavy atom. The van der Waals surface area contributed by atoms with E-state index >= 15 is 0 Å². The van der Waals surface area contributed by atoms with Crippen molar-refractivity contribution in [3.63, 3.8) is 0 Å². The summed E-state index contributed by atoms with van der Waals surface area (Å²) in [7, 11) is -7.60. The summed E-state index contributed by atoms with van der Waals surface area (Å²) in [6.45, 7) is 5.13. The summed E-state index contributed by atoms with van der Waals surface area (Å²) in [5, 5.41) is 0. The van der Waals surface area contributed by atoms with Crippen molar-refractivity contribution in [1.82, 2.24) is 0 Å². The summed E-state index contributed by atoms with van der Waals surface area (Å²) < 4.78 is 53.3. The molecular formula is C19H22N2O5S2. The zero-order valence-corrected chi connectivity index (χ0v) is 17.5. The van der Waals surface area contributed by atoms with Crippen LogP contribution in [0.1, 0.15) is 25.0 Å². The van der Waals surface area contributed by atoms with Gasteiger partial charge in [-0.2, -0.15) is 0 Å². The van der Waals surface area contributed by atoms with Crippen molar-refractivity contribution >= 4 is 37.3 Å². The van der Waals surface area contributed by atoms with E-state index in [9.17, 15) is 21.6 Å². The zero-order chi connectivity index (χ0) is 20.7. The molecule has 1 aliphatic heterocycles. The fourth-order valence-corrected chi connectivity index (χ4v) is 6.27. The van der Waals surface area contributed by atoms with Crippen LogP contribution in [-0.2, 0) is 31.3 Å². The maximum atomic E-state index is 12.7. The molecule has 1 atom stereocenters. The predicted octanol–water partition coefficient (Wildman–Crippen LogP) is 2.67. The first-order valence-electron chi connectivity index (χ1n) is 8.84. The third-order valence-corrected chi connectivity index (χ3v) is 8.07. The van der Waals surface area contributed by atoms with Crippen molar-refractivity contribution in [2.75, 3.05) is 14.8 Å². The summed E-state index contributed by atoms with van der Waals surface area (Å²) >= 11 is 0. The number of carbonyl (C=O) groups is 1. The van der Waals surface area contributed by atoms with Gasteiger partial charge in [-0.15, -0.1) is 0 Å². The van der Waals surface area contributed by atoms with Crippen molar-refractivity contribution in [2.45, 2.75) is 32.1 Å². The Kier molecular flexibility index (Phi) is 5.24. The number of anilines is 2. The zero-order valence-electron chi connectivity index (χ0n) is 15.8. The first-order chi connectivity index (χ1) is 13.0. The minimum Gasteiger partial charge on any atom is -0.280 e. The van der Waals surface area contributed by atoms with Gasteiger partial charge in [0.2, 0.25) is 15.9 Å². The molecule has 0 aliphatic carbocycles. The molecule has 1 unspecified atom stereocenters. The van der Waals surface area contributed by atoms with Crippen molar-refractivity contribution < 1.29 is 21.6 Å². The summed E-state index contributed by atoms with van der Waals surface area (Å²) in [4.78, 5) is 12.2. The van der Waals surface area contributed by atoms with Crippen LogP contribution < -0.4 is 9.03 Å². The highest BCUT2D eigenvalue weighted by atomic mass is 32.2. The third-order valence-electron chi connectivity index (χ3n) is 4.66. The van der Waals surface area contributed by atoms with Crippen LogP contribution in [0.3, 0.4) is 0 Å². The van der Waals surface area contributed by atoms with Crippen LogP contribution in [0, 0.1) is 12.8 Å². The van der Waals surface area contributed by atoms with Gasteiger partial charge in [0, 0.05) is 5.69 Å². The maximum Gasteiger partial charge on any atom is 0.262 e. The van der Waals surface area contributed by atoms with Crippen molar-refractivity contribution in [1.29, 1.82) is 0 Å². The Balaban J connectivity index is 1.92. The van der Waals surface area contributed by atoms with Crippen LogP contribution in [0.2, 0.25) is 0 Å². The summed E-state index contributed by atoms with van der Waals surface area (Å²) in [5.41, 5.74) is 2.02. The first kappa shape index (κ1) is 20.3. The molecule has 0 radical (unpaired) electrons. The highest BCUT2D eigenvalue weighted by Gasteiger charge is 2.42. The predicted molar refractivity (Wildman–Crippen MR) is 108 cm³/mol. The van der Waals surface area contributed by atoms with E-state index in [1.165, 1.54) is 18.2 Å². The SMILES string of the molecule is CCc1ccc(NS(=O)(=O)c2ccc(N3C(=O)C(C)CS3(=O)=O)cc2C)cc1. The van der Waals surface area contributed by atoms with Crippen molar-refractivity contribution in [2.24, 2.45) is 5.92 Å². The van der Waals surface area contributed by atoms with Gasteiger partial charge < -0.3 is 0 Å². The van der Waals surface area contributed by atoms with E-state index in [1.54, 1.807) is 26.0 Å². The molecule has 0 spiro atoms. The second-order valence-electron chi connectivity index (χ2n) is 6.89. The summed E-state index contributed by atoms with van der Waals surface area (Å²) in [6, 6.07) is 11.1. The molecule has 1 heterocycles. The lowest BCUT2D eigenvalue weighted by atomic mass is 10.2. The van der Waals surface area contributed by atoms with Gasteiger partial charge in [0.15, 0.2) is 0 Å². The molecule has 28 heavy (non-hydrogen) atoms. The van der Waals surface area contributed by atoms with Crippen LogP contribution in [0.5, 0.6) is 0 Å². The number of nitrogens with zero attached hydrogens (tertiary/aromatic N) is 1. The Morgan fingerprint density at radius 3 is 2.29 bits per heavy atom. The van der Waals surface area contributed by atoms with Gasteiger partial charge in [-0.1, -0.05) is 26.0 Å². The van der Waals surface area contributed by atoms with Gasteiger partial charge in [0.05, 0.1) is 22.3 Å². The van der Waals surface area contributed by atoms with Crippen LogP contribution in [0.25, 0.3) is 0 Å². The van der Waals surface area contributed by atoms with Crippen LogP contribution >= 0.6 is 0 Å². The number of amides is 1. The highest BCUT2D eigenvalue weighted by Crippen LogP contribution is 2.31. The van der Waals surface area contributed by atoms with Crippen molar-refractivity contribution in [3.05, 3.63) is 53.6 Å². The molecule has 150 valence electrons. The number of hydrogen-bond acceptors (Lipinski definition) is 5. The second kappa shape index (κ2) is 7.21.